The fourth-order valence-electron chi connectivity index (χ4n) is 9.76. The third-order valence-electron chi connectivity index (χ3n) is 14.8. The Hall–Kier alpha value is -9.57. The number of urea groups is 1. The lowest BCUT2D eigenvalue weighted by molar-refractivity contribution is 0.261. The maximum Gasteiger partial charge on any atom is 0.323 e. The summed E-state index contributed by atoms with van der Waals surface area (Å²) >= 11 is 0. The fourth-order valence-corrected chi connectivity index (χ4v) is 14.4. The molecular formula is C61H64N10O29S8. The maximum absolute atomic E-state index is 14.2. The van der Waals surface area contributed by atoms with Crippen molar-refractivity contribution in [2.75, 3.05) is 60.1 Å². The van der Waals surface area contributed by atoms with Gasteiger partial charge in [0.05, 0.1) is 105 Å². The van der Waals surface area contributed by atoms with Crippen LogP contribution >= 0.6 is 0 Å². The zero-order valence-corrected chi connectivity index (χ0v) is 62.9. The highest BCUT2D eigenvalue weighted by Gasteiger charge is 2.25. The molecule has 0 aliphatic rings. The van der Waals surface area contributed by atoms with Crippen molar-refractivity contribution in [3.63, 3.8) is 0 Å². The van der Waals surface area contributed by atoms with Gasteiger partial charge in [-0.25, -0.2) is 4.79 Å². The number of nitrogens with zero attached hydrogens (tertiary/aromatic N) is 8. The van der Waals surface area contributed by atoms with Gasteiger partial charge in [0.1, 0.15) is 44.2 Å². The second kappa shape index (κ2) is 33.9. The van der Waals surface area contributed by atoms with Gasteiger partial charge >= 0.3 is 6.03 Å². The number of rotatable bonds is 34. The van der Waals surface area contributed by atoms with Gasteiger partial charge in [0.25, 0.3) is 80.9 Å². The molecule has 0 spiro atoms. The Kier molecular flexibility index (Phi) is 26.4. The van der Waals surface area contributed by atoms with E-state index in [1.54, 1.807) is 13.8 Å². The molecule has 39 nitrogen and oxygen atoms in total. The molecule has 47 heteroatoms. The second-order valence-electron chi connectivity index (χ2n) is 23.4. The van der Waals surface area contributed by atoms with Gasteiger partial charge in [-0.15, -0.1) is 10.2 Å². The van der Waals surface area contributed by atoms with Gasteiger partial charge in [0, 0.05) is 35.0 Å². The number of carbonyl (C=O) groups is 1. The number of fused-ring (bicyclic) bond motifs is 2. The quantitative estimate of drug-likeness (QED) is 0.0102. The molecule has 108 heavy (non-hydrogen) atoms. The van der Waals surface area contributed by atoms with Crippen molar-refractivity contribution in [2.24, 2.45) is 40.9 Å². The minimum atomic E-state index is -5.08. The van der Waals surface area contributed by atoms with Gasteiger partial charge in [-0.2, -0.15) is 98.0 Å². The van der Waals surface area contributed by atoms with Gasteiger partial charge in [-0.05, 0) is 159 Å². The van der Waals surface area contributed by atoms with Crippen LogP contribution < -0.4 is 29.6 Å². The number of ether oxygens (including phenoxy) is 4. The number of benzene rings is 8. The summed E-state index contributed by atoms with van der Waals surface area (Å²) in [5, 5.41) is 39.1. The molecule has 0 unspecified atom stereocenters. The van der Waals surface area contributed by atoms with Crippen molar-refractivity contribution in [1.29, 1.82) is 0 Å². The number of aryl methyl sites for hydroxylation is 4. The lowest BCUT2D eigenvalue weighted by atomic mass is 10.1. The van der Waals surface area contributed by atoms with Crippen LogP contribution in [0.4, 0.5) is 61.7 Å². The molecule has 0 atom stereocenters. The molecule has 0 radical (unpaired) electrons. The smallest absolute Gasteiger partial charge is 0.323 e. The zero-order valence-electron chi connectivity index (χ0n) is 56.4. The Morgan fingerprint density at radius 2 is 0.602 bits per heavy atom. The zero-order chi connectivity index (χ0) is 79.7. The van der Waals surface area contributed by atoms with E-state index in [1.165, 1.54) is 86.6 Å². The van der Waals surface area contributed by atoms with Gasteiger partial charge in [-0.1, -0.05) is 12.1 Å². The number of nitrogens with one attached hydrogen (secondary N) is 2. The van der Waals surface area contributed by atoms with Gasteiger partial charge in [0.2, 0.25) is 0 Å². The van der Waals surface area contributed by atoms with Crippen molar-refractivity contribution in [3.05, 3.63) is 131 Å². The predicted molar refractivity (Wildman–Crippen MR) is 387 cm³/mol. The van der Waals surface area contributed by atoms with Gasteiger partial charge < -0.3 is 29.6 Å². The maximum atomic E-state index is 14.2. The summed E-state index contributed by atoms with van der Waals surface area (Å²) in [5.74, 6) is -3.42. The van der Waals surface area contributed by atoms with Crippen molar-refractivity contribution in [1.82, 2.24) is 0 Å². The van der Waals surface area contributed by atoms with Crippen LogP contribution in [0.15, 0.2) is 170 Å². The SMILES string of the molecule is Cc1cc(N=Nc2cc(OCCCS(=O)(=O)O)c(NC(=O)Nc3cc(C)c(N=Nc4cc(C)c(N=Nc5ccc6cc(S(=O)(=O)O)cc(S(=O)(=O)O)c6c5)cc4OCCCS(=O)(=O)O)cc3OCCCS(=O)(=O)O)cc2C)c(OCCCS(=O)(=O)O)cc1N=Nc1ccc2cc(S(=O)(=O)O)cc(S(=O)(=O)O)c2c1. The number of anilines is 2. The minimum Gasteiger partial charge on any atom is -0.491 e. The van der Waals surface area contributed by atoms with E-state index in [0.717, 1.165) is 24.3 Å². The second-order valence-corrected chi connectivity index (χ2v) is 35.3. The van der Waals surface area contributed by atoms with Crippen LogP contribution in [0.2, 0.25) is 0 Å². The van der Waals surface area contributed by atoms with Crippen LogP contribution in [-0.4, -0.2) is 159 Å². The van der Waals surface area contributed by atoms with E-state index in [4.69, 9.17) is 18.9 Å². The third-order valence-corrected chi connectivity index (χ3v) is 21.5. The average molecular weight is 1660 g/mol. The molecule has 0 heterocycles. The lowest BCUT2D eigenvalue weighted by Gasteiger charge is -2.17. The Morgan fingerprint density at radius 3 is 0.898 bits per heavy atom. The van der Waals surface area contributed by atoms with Crippen LogP contribution in [-0.2, 0) is 80.9 Å². The highest BCUT2D eigenvalue weighted by molar-refractivity contribution is 7.88. The highest BCUT2D eigenvalue weighted by atomic mass is 32.2. The van der Waals surface area contributed by atoms with E-state index in [1.807, 2.05) is 0 Å². The number of hydrogen-bond donors (Lipinski definition) is 10. The summed E-state index contributed by atoms with van der Waals surface area (Å²) in [6.45, 7) is 4.74. The molecule has 0 fully saturated rings. The Bertz CT molecular complexity index is 5630. The first-order chi connectivity index (χ1) is 50.1. The van der Waals surface area contributed by atoms with Crippen LogP contribution in [0.25, 0.3) is 21.5 Å². The molecule has 8 rings (SSSR count). The van der Waals surface area contributed by atoms with Crippen LogP contribution in [0.1, 0.15) is 47.9 Å². The molecule has 8 aromatic carbocycles. The standard InChI is InChI=1S/C61H64N10O29S8/c1-35-21-51(55(97-13-5-17-101(73,74)75)31-49(35)68-70-53-23-37(3)47(33-57(53)99-15-7-19-103(79,80)81)66-64-41-11-9-39-25-43(105(85,86)87)29-59(45(39)27-41)107(91,92)93)62-61(72)63-52-22-36(2)50(32-56(52)98-14-6-18-102(76,77)78)69-71-54-24-38(4)48(34-58(54)100-16-8-20-104(82,83)84)67-65-42-12-10-40-26-44(106(88,89)90)30-60(46(40)28-42)108(94,95)96/h9-12,21-34H,5-8,13-20H2,1-4H3,(H2,62,63,72)(H,73,74,75)(H,76,77,78)(H,79,80,81)(H,82,83,84)(H,85,86,87)(H,88,89,90)(H,91,92,93)(H,94,95,96). The first kappa shape index (κ1) is 84.1. The normalized spacial score (nSPS) is 13.0. The number of amides is 2. The minimum absolute atomic E-state index is 0.0162. The molecule has 580 valence electrons. The van der Waals surface area contributed by atoms with Crippen LogP contribution in [0, 0.1) is 27.7 Å². The topological polar surface area (TPSA) is 612 Å². The fraction of sp³-hybridized carbons (Fsp3) is 0.262. The molecule has 0 aliphatic carbocycles. The summed E-state index contributed by atoms with van der Waals surface area (Å²) < 4.78 is 291. The number of azo groups is 4. The largest absolute Gasteiger partial charge is 0.491 e. The summed E-state index contributed by atoms with van der Waals surface area (Å²) in [5.41, 5.74) is 1.29. The molecule has 0 aliphatic heterocycles. The van der Waals surface area contributed by atoms with Gasteiger partial charge in [-0.3, -0.25) is 36.4 Å². The van der Waals surface area contributed by atoms with Crippen molar-refractivity contribution in [2.45, 2.75) is 73.0 Å². The molecule has 0 saturated heterocycles. The van der Waals surface area contributed by atoms with E-state index in [-0.39, 0.29) is 165 Å². The Labute approximate surface area is 617 Å². The average Bonchev–Trinajstić information content (AvgIpc) is 0.772. The predicted octanol–water partition coefficient (Wildman–Crippen LogP) is 12.1. The van der Waals surface area contributed by atoms with Crippen molar-refractivity contribution in [3.8, 4) is 23.0 Å². The molecule has 10 N–H and O–H groups in total. The Morgan fingerprint density at radius 1 is 0.324 bits per heavy atom. The Balaban J connectivity index is 1.10. The van der Waals surface area contributed by atoms with E-state index in [2.05, 4.69) is 51.5 Å². The molecule has 0 aromatic heterocycles. The lowest BCUT2D eigenvalue weighted by Crippen LogP contribution is -2.21. The number of hydrogen-bond acceptors (Lipinski definition) is 29. The van der Waals surface area contributed by atoms with Gasteiger partial charge in [0.15, 0.2) is 0 Å². The summed E-state index contributed by atoms with van der Waals surface area (Å²) in [4.78, 5) is 10.8. The van der Waals surface area contributed by atoms with Crippen molar-refractivity contribution >= 4 is 165 Å². The summed E-state index contributed by atoms with van der Waals surface area (Å²) in [6, 6.07) is 20.3. The number of carbonyl (C=O) groups excluding carboxylic acids is 1. The molecule has 0 bridgehead atoms. The molecule has 8 aromatic rings. The van der Waals surface area contributed by atoms with Crippen LogP contribution in [0.5, 0.6) is 23.0 Å². The highest BCUT2D eigenvalue weighted by Crippen LogP contribution is 2.43. The van der Waals surface area contributed by atoms with E-state index in [9.17, 15) is 109 Å². The van der Waals surface area contributed by atoms with Crippen molar-refractivity contribution < 1.29 is 128 Å². The molecule has 0 saturated carbocycles. The van der Waals surface area contributed by atoms with Crippen LogP contribution in [0.3, 0.4) is 0 Å². The monoisotopic (exact) mass is 1660 g/mol. The first-order valence-corrected chi connectivity index (χ1v) is 43.0. The summed E-state index contributed by atoms with van der Waals surface area (Å²) in [6.07, 6.45) is -1.03. The third kappa shape index (κ3) is 24.7. The molecule has 2 amide bonds. The van der Waals surface area contributed by atoms with E-state index < -0.39 is 130 Å². The van der Waals surface area contributed by atoms with E-state index >= 15 is 0 Å². The summed E-state index contributed by atoms with van der Waals surface area (Å²) in [7, 11) is -37.9. The first-order valence-electron chi connectivity index (χ1n) is 30.8. The van der Waals surface area contributed by atoms with E-state index in [0.29, 0.717) is 23.3 Å². The molecular weight excluding hydrogens is 1590 g/mol.